The van der Waals surface area contributed by atoms with Crippen molar-refractivity contribution in [3.05, 3.63) is 170 Å². The molecule has 0 aliphatic heterocycles. The van der Waals surface area contributed by atoms with Gasteiger partial charge in [-0.1, -0.05) is 108 Å². The number of ether oxygens (including phenoxy) is 3. The summed E-state index contributed by atoms with van der Waals surface area (Å²) in [4.78, 5) is 72.7. The van der Waals surface area contributed by atoms with Crippen molar-refractivity contribution < 1.29 is 78.7 Å². The minimum Gasteiger partial charge on any atom is -0.481 e. The highest BCUT2D eigenvalue weighted by atomic mass is 35.5. The molecule has 85 heavy (non-hydrogen) atoms. The molecule has 5 aromatic carbocycles. The summed E-state index contributed by atoms with van der Waals surface area (Å²) >= 11 is 18.3. The Balaban J connectivity index is 0.000000273. The average molecular weight is 1230 g/mol. The van der Waals surface area contributed by atoms with E-state index in [-0.39, 0.29) is 38.6 Å². The molecule has 3 amide bonds. The van der Waals surface area contributed by atoms with Gasteiger partial charge < -0.3 is 65.9 Å². The van der Waals surface area contributed by atoms with E-state index in [2.05, 4.69) is 20.9 Å². The van der Waals surface area contributed by atoms with Crippen LogP contribution in [-0.4, -0.2) is 160 Å². The number of aliphatic hydroxyl groups excluding tert-OH is 4. The number of pyridine rings is 1. The zero-order valence-electron chi connectivity index (χ0n) is 47.6. The largest absolute Gasteiger partial charge is 0.481 e. The highest BCUT2D eigenvalue weighted by Gasteiger charge is 2.33. The van der Waals surface area contributed by atoms with E-state index < -0.39 is 78.7 Å². The molecule has 1 aromatic heterocycles. The van der Waals surface area contributed by atoms with Gasteiger partial charge in [-0.05, 0) is 132 Å². The molecule has 7 atom stereocenters. The molecule has 0 saturated heterocycles. The number of halogens is 3. The summed E-state index contributed by atoms with van der Waals surface area (Å²) in [6, 6.07) is 33.7. The lowest BCUT2D eigenvalue weighted by Gasteiger charge is -2.25. The standard InChI is InChI=1S/2C21H24ClNO5.C20H23ClN2O6/c1-13-7-16(10-17(22)8-13)15-5-3-14(4-6-15)9-18(19(24)11-21(26)27)23-20(25)12-28-2;1-13-7-16(10-17(22)8-13)15-5-3-14(4-6-15)9-18(11-19(24)21(26)27)23-20(25)12-28-2;1-11-5-13(7-14(21)6-11)12-3-4-15(22-9-12)8-16(23-17(24)10-29-2)18(25)19(26)20(27)28/h2*3-8,10,18-19,24H,9,11-12H2,1-2H3,(H,23,25)(H,26,27);3-7,9,16,18-19,25-26H,8,10H2,1-2H3,(H,23,24)(H,27,28)/t2*18-,19?;16-,18-,19+/m000/s1. The predicted molar refractivity (Wildman–Crippen MR) is 321 cm³/mol. The number of amides is 3. The Morgan fingerprint density at radius 1 is 0.494 bits per heavy atom. The molecule has 0 spiro atoms. The quantitative estimate of drug-likeness (QED) is 0.0252. The van der Waals surface area contributed by atoms with Crippen molar-refractivity contribution in [2.75, 3.05) is 41.2 Å². The van der Waals surface area contributed by atoms with Gasteiger partial charge in [-0.25, -0.2) is 9.59 Å². The van der Waals surface area contributed by atoms with E-state index in [1.165, 1.54) is 21.3 Å². The van der Waals surface area contributed by atoms with Crippen LogP contribution in [0, 0.1) is 20.8 Å². The number of carboxylic acids is 3. The number of carboxylic acid groups (broad SMARTS) is 3. The number of carbonyl (C=O) groups is 6. The topological polar surface area (TPSA) is 321 Å². The normalized spacial score (nSPS) is 13.4. The van der Waals surface area contributed by atoms with E-state index in [1.807, 2.05) is 130 Å². The van der Waals surface area contributed by atoms with E-state index in [9.17, 15) is 49.2 Å². The third kappa shape index (κ3) is 24.7. The molecular weight excluding hydrogens is 1160 g/mol. The summed E-state index contributed by atoms with van der Waals surface area (Å²) in [5, 5.41) is 76.3. The molecule has 20 nitrogen and oxygen atoms in total. The number of aromatic nitrogens is 1. The van der Waals surface area contributed by atoms with Crippen LogP contribution in [0.25, 0.3) is 33.4 Å². The highest BCUT2D eigenvalue weighted by Crippen LogP contribution is 2.28. The number of aliphatic carboxylic acids is 3. The van der Waals surface area contributed by atoms with E-state index in [1.54, 1.807) is 12.3 Å². The van der Waals surface area contributed by atoms with E-state index in [0.717, 1.165) is 61.2 Å². The molecule has 23 heteroatoms. The van der Waals surface area contributed by atoms with E-state index >= 15 is 0 Å². The number of aryl methyl sites for hydroxylation is 3. The van der Waals surface area contributed by atoms with Gasteiger partial charge in [-0.3, -0.25) is 24.2 Å². The molecule has 2 unspecified atom stereocenters. The van der Waals surface area contributed by atoms with Crippen LogP contribution in [0.5, 0.6) is 0 Å². The maximum atomic E-state index is 11.8. The Hall–Kier alpha value is -7.34. The molecule has 1 heterocycles. The summed E-state index contributed by atoms with van der Waals surface area (Å²) < 4.78 is 14.3. The van der Waals surface area contributed by atoms with E-state index in [0.29, 0.717) is 33.6 Å². The Morgan fingerprint density at radius 2 is 0.906 bits per heavy atom. The number of nitrogens with one attached hydrogen (secondary N) is 3. The molecule has 10 N–H and O–H groups in total. The number of nitrogens with zero attached hydrogens (tertiary/aromatic N) is 1. The fraction of sp³-hybridized carbons (Fsp3) is 0.339. The number of rotatable bonds is 27. The van der Waals surface area contributed by atoms with Gasteiger partial charge in [0.2, 0.25) is 17.7 Å². The van der Waals surface area contributed by atoms with Crippen molar-refractivity contribution in [3.63, 3.8) is 0 Å². The van der Waals surface area contributed by atoms with Gasteiger partial charge in [-0.2, -0.15) is 0 Å². The van der Waals surface area contributed by atoms with Gasteiger partial charge in [0.1, 0.15) is 25.9 Å². The molecule has 0 bridgehead atoms. The molecule has 0 radical (unpaired) electrons. The summed E-state index contributed by atoms with van der Waals surface area (Å²) in [5.74, 6) is -5.38. The van der Waals surface area contributed by atoms with Crippen molar-refractivity contribution in [2.24, 2.45) is 0 Å². The first kappa shape index (κ1) is 70.1. The third-order valence-corrected chi connectivity index (χ3v) is 13.4. The van der Waals surface area contributed by atoms with E-state index in [4.69, 9.17) is 64.3 Å². The van der Waals surface area contributed by atoms with Gasteiger partial charge in [0, 0.05) is 72.7 Å². The fourth-order valence-electron chi connectivity index (χ4n) is 8.81. The smallest absolute Gasteiger partial charge is 0.335 e. The second kappa shape index (κ2) is 35.2. The lowest BCUT2D eigenvalue weighted by atomic mass is 9.96. The second-order valence-electron chi connectivity index (χ2n) is 20.0. The second-order valence-corrected chi connectivity index (χ2v) is 21.3. The SMILES string of the molecule is COCC(=O)N[C@@H](Cc1ccc(-c2cc(C)cc(Cl)c2)cc1)C(O)CC(=O)O.COCC(=O)N[C@@H](Cc1ccc(-c2cc(C)cc(Cl)c2)cc1)CC(O)C(=O)O.COCC(=O)N[C@@H](Cc1ccc(-c2cc(C)cc(Cl)c2)cn1)[C@H](O)[C@@H](O)C(=O)O. The maximum Gasteiger partial charge on any atom is 0.335 e. The molecule has 6 aromatic rings. The fourth-order valence-corrected chi connectivity index (χ4v) is 9.68. The summed E-state index contributed by atoms with van der Waals surface area (Å²) in [6.07, 6.45) is -4.81. The monoisotopic (exact) mass is 1230 g/mol. The first-order valence-electron chi connectivity index (χ1n) is 26.5. The Labute approximate surface area is 507 Å². The van der Waals surface area contributed by atoms with Crippen LogP contribution in [0.15, 0.2) is 121 Å². The summed E-state index contributed by atoms with van der Waals surface area (Å²) in [6.45, 7) is 5.31. The van der Waals surface area contributed by atoms with Crippen LogP contribution in [0.1, 0.15) is 46.4 Å². The molecule has 6 rings (SSSR count). The molecule has 0 aliphatic carbocycles. The number of hydrogen-bond donors (Lipinski definition) is 10. The average Bonchev–Trinajstić information content (AvgIpc) is 3.51. The van der Waals surface area contributed by atoms with Crippen LogP contribution >= 0.6 is 34.8 Å². The van der Waals surface area contributed by atoms with Crippen LogP contribution in [0.2, 0.25) is 15.1 Å². The number of carbonyl (C=O) groups excluding carboxylic acids is 3. The van der Waals surface area contributed by atoms with Crippen molar-refractivity contribution >= 4 is 70.4 Å². The van der Waals surface area contributed by atoms with Crippen molar-refractivity contribution in [3.8, 4) is 33.4 Å². The van der Waals surface area contributed by atoms with Gasteiger partial charge in [0.05, 0.1) is 24.6 Å². The highest BCUT2D eigenvalue weighted by molar-refractivity contribution is 6.31. The first-order valence-corrected chi connectivity index (χ1v) is 27.6. The molecule has 0 saturated carbocycles. The Kier molecular flexibility index (Phi) is 29.0. The van der Waals surface area contributed by atoms with Gasteiger partial charge in [0.25, 0.3) is 0 Å². The van der Waals surface area contributed by atoms with Gasteiger partial charge in [0.15, 0.2) is 12.2 Å². The number of methoxy groups -OCH3 is 3. The minimum absolute atomic E-state index is 0.00974. The van der Waals surface area contributed by atoms with Crippen LogP contribution in [0.3, 0.4) is 0 Å². The summed E-state index contributed by atoms with van der Waals surface area (Å²) in [5.41, 5.74) is 11.1. The van der Waals surface area contributed by atoms with Gasteiger partial charge >= 0.3 is 17.9 Å². The summed E-state index contributed by atoms with van der Waals surface area (Å²) in [7, 11) is 4.12. The number of aliphatic hydroxyl groups is 4. The molecule has 456 valence electrons. The Morgan fingerprint density at radius 3 is 1.29 bits per heavy atom. The predicted octanol–water partition coefficient (Wildman–Crippen LogP) is 6.84. The van der Waals surface area contributed by atoms with Crippen molar-refractivity contribution in [1.29, 1.82) is 0 Å². The lowest BCUT2D eigenvalue weighted by molar-refractivity contribution is -0.154. The number of benzene rings is 5. The van der Waals surface area contributed by atoms with Crippen LogP contribution in [0.4, 0.5) is 0 Å². The molecule has 0 fully saturated rings. The maximum absolute atomic E-state index is 11.8. The zero-order chi connectivity index (χ0) is 62.9. The number of hydrogen-bond acceptors (Lipinski definition) is 14. The van der Waals surface area contributed by atoms with Crippen LogP contribution in [-0.2, 0) is 62.2 Å². The third-order valence-electron chi connectivity index (χ3n) is 12.7. The first-order chi connectivity index (χ1) is 40.3. The molecule has 0 aliphatic rings. The van der Waals surface area contributed by atoms with Crippen LogP contribution < -0.4 is 16.0 Å². The lowest BCUT2D eigenvalue weighted by Crippen LogP contribution is -2.52. The zero-order valence-corrected chi connectivity index (χ0v) is 49.9. The minimum atomic E-state index is -2.06. The Bertz CT molecular complexity index is 3110. The van der Waals surface area contributed by atoms with Crippen molar-refractivity contribution in [2.45, 2.75) is 95.4 Å². The van der Waals surface area contributed by atoms with Crippen molar-refractivity contribution in [1.82, 2.24) is 20.9 Å². The van der Waals surface area contributed by atoms with Gasteiger partial charge in [-0.15, -0.1) is 0 Å². The molecular formula is C62H71Cl3N4O16.